The highest BCUT2D eigenvalue weighted by Crippen LogP contribution is 2.53. The van der Waals surface area contributed by atoms with E-state index in [4.69, 9.17) is 33.1 Å². The summed E-state index contributed by atoms with van der Waals surface area (Å²) >= 11 is 0. The van der Waals surface area contributed by atoms with Gasteiger partial charge in [0.15, 0.2) is 6.40 Å². The number of nitrogens with two attached hydrogens (primary N) is 4. The quantitative estimate of drug-likeness (QED) is 0.0204. The molecule has 17 rings (SSSR count). The largest absolute Gasteiger partial charge is 0.479 e. The molecule has 10 N–H and O–H groups in total. The van der Waals surface area contributed by atoms with Gasteiger partial charge in [-0.2, -0.15) is 13.2 Å². The van der Waals surface area contributed by atoms with Crippen LogP contribution in [0.25, 0.3) is 54.9 Å². The molecule has 0 aliphatic carbocycles. The smallest absolute Gasteiger partial charge is 0.416 e. The van der Waals surface area contributed by atoms with E-state index >= 15 is 0 Å². The second-order valence-electron chi connectivity index (χ2n) is 29.6. The zero-order valence-corrected chi connectivity index (χ0v) is 65.3. The van der Waals surface area contributed by atoms with Crippen LogP contribution in [0.1, 0.15) is 90.4 Å². The number of carbonyl (C=O) groups is 1. The second kappa shape index (κ2) is 34.5. The maximum Gasteiger partial charge on any atom is 0.416 e. The van der Waals surface area contributed by atoms with Gasteiger partial charge in [-0.1, -0.05) is 345 Å². The van der Waals surface area contributed by atoms with Gasteiger partial charge in [-0.25, -0.2) is 0 Å². The Kier molecular flexibility index (Phi) is 22.9. The molecule has 0 aromatic heterocycles. The molecule has 0 heterocycles. The van der Waals surface area contributed by atoms with Crippen molar-refractivity contribution in [3.63, 3.8) is 0 Å². The average molecular weight is 1550 g/mol. The van der Waals surface area contributed by atoms with E-state index in [1.54, 1.807) is 6.07 Å². The third-order valence-electron chi connectivity index (χ3n) is 22.2. The van der Waals surface area contributed by atoms with Crippen LogP contribution in [0, 0.1) is 12.3 Å². The van der Waals surface area contributed by atoms with Gasteiger partial charge in [0.05, 0.1) is 21.8 Å². The summed E-state index contributed by atoms with van der Waals surface area (Å²) in [5.41, 5.74) is 45.7. The van der Waals surface area contributed by atoms with Crippen LogP contribution in [-0.2, 0) is 38.6 Å². The van der Waals surface area contributed by atoms with Crippen molar-refractivity contribution >= 4 is 62.3 Å². The van der Waals surface area contributed by atoms with Crippen LogP contribution in [0.2, 0.25) is 0 Å². The molecule has 17 aromatic carbocycles. The predicted molar refractivity (Wildman–Crippen MR) is 481 cm³/mol. The Bertz CT molecular complexity index is 6240. The number of halogens is 3. The van der Waals surface area contributed by atoms with Crippen LogP contribution >= 0.6 is 0 Å². The molecule has 17 aromatic rings. The Morgan fingerprint density at radius 3 is 1.01 bits per heavy atom. The Morgan fingerprint density at radius 1 is 0.322 bits per heavy atom. The molecule has 2 atom stereocenters. The Labute approximate surface area is 686 Å². The minimum atomic E-state index is -4.54. The van der Waals surface area contributed by atoms with Crippen molar-refractivity contribution in [3.05, 3.63) is 496 Å². The van der Waals surface area contributed by atoms with Gasteiger partial charge in [0, 0.05) is 35.4 Å². The highest BCUT2D eigenvalue weighted by molar-refractivity contribution is 5.91. The number of amides is 1. The fraction of sp³-hybridized carbons (Fsp3) is 0.0654. The highest BCUT2D eigenvalue weighted by atomic mass is 19.4. The fourth-order valence-electron chi connectivity index (χ4n) is 16.7. The Hall–Kier alpha value is -14.8. The normalized spacial score (nSPS) is 12.3. The maximum absolute atomic E-state index is 14.0. The van der Waals surface area contributed by atoms with Gasteiger partial charge in [-0.3, -0.25) is 10.2 Å². The second-order valence-corrected chi connectivity index (χ2v) is 29.6. The summed E-state index contributed by atoms with van der Waals surface area (Å²) in [5, 5.41) is 14.7. The lowest BCUT2D eigenvalue weighted by molar-refractivity contribution is -0.137. The van der Waals surface area contributed by atoms with E-state index in [0.29, 0.717) is 23.4 Å². The number of hydrogen-bond donors (Lipinski definition) is 6. The van der Waals surface area contributed by atoms with E-state index < -0.39 is 28.0 Å². The zero-order valence-electron chi connectivity index (χ0n) is 65.3. The van der Waals surface area contributed by atoms with Gasteiger partial charge in [0.2, 0.25) is 5.91 Å². The molecule has 578 valence electrons. The standard InChI is InChI=1S/C39H30N2.C35H30N2O2.C33H27F3N2/c40-37-21-15-29-23-35(19-13-31(29)25-37)39(33-9-5-2-6-10-33,36-20-14-32-26-38(41)22-16-30(32)24-36)34-17-11-28(12-18-34)27-7-3-1-4-8-27;1-26(38)37-34-22-20-33(21-23-34)35(30-10-6-3-7-11-30,31-16-12-27(13-17-31)24-39-25-36)32-18-14-29(15-19-32)28-8-4-2-5-9-28;1-22-12-18-30(37)28(20-22)32(25-10-6-3-7-11-25,29-21-27(33(34,35)36)17-19-31(29)38)26-15-13-24(14-16-26)23-8-4-2-5-9-23/h1-26H,40-41H2;2-23,25,36H,24H2,1H3,(H,37,38);2-21H,37-38H2,1H3. The van der Waals surface area contributed by atoms with Crippen molar-refractivity contribution in [2.45, 2.75) is 42.9 Å². The molecule has 0 radical (unpaired) electrons. The number of rotatable bonds is 19. The van der Waals surface area contributed by atoms with Crippen molar-refractivity contribution in [3.8, 4) is 33.4 Å². The first kappa shape index (κ1) is 78.5. The molecule has 1 amide bonds. The number of aryl methyl sites for hydroxylation is 1. The lowest BCUT2D eigenvalue weighted by Gasteiger charge is -2.39. The molecular weight excluding hydrogens is 1460 g/mol. The Morgan fingerprint density at radius 2 is 0.619 bits per heavy atom. The molecule has 0 bridgehead atoms. The SMILES string of the molecule is CC(=O)Nc1ccc(C(c2ccccc2)(c2ccc(COC=N)cc2)c2ccc(-c3ccccc3)cc2)cc1.Cc1ccc(N)c(C(c2ccccc2)(c2ccc(-c3ccccc3)cc2)c2cc(C(F)(F)F)ccc2N)c1.Nc1ccc2cc(C(c3ccccc3)(c3ccc(-c4ccccc4)cc3)c3ccc4cc(N)ccc4c3)ccc2c1. The first-order valence-corrected chi connectivity index (χ1v) is 39.1. The summed E-state index contributed by atoms with van der Waals surface area (Å²) in [6.45, 7) is 3.80. The summed E-state index contributed by atoms with van der Waals surface area (Å²) in [6, 6.07) is 139. The van der Waals surface area contributed by atoms with E-state index in [1.165, 1.54) is 51.9 Å². The molecule has 0 saturated carbocycles. The first-order chi connectivity index (χ1) is 57.4. The lowest BCUT2D eigenvalue weighted by atomic mass is 9.63. The van der Waals surface area contributed by atoms with E-state index in [2.05, 4.69) is 248 Å². The van der Waals surface area contributed by atoms with Crippen LogP contribution in [-0.4, -0.2) is 12.3 Å². The molecule has 0 spiro atoms. The van der Waals surface area contributed by atoms with E-state index in [1.807, 2.05) is 153 Å². The molecule has 118 heavy (non-hydrogen) atoms. The molecule has 0 aliphatic rings. The maximum atomic E-state index is 14.0. The first-order valence-electron chi connectivity index (χ1n) is 39.1. The van der Waals surface area contributed by atoms with E-state index in [-0.39, 0.29) is 11.6 Å². The van der Waals surface area contributed by atoms with Crippen molar-refractivity contribution < 1.29 is 22.7 Å². The number of nitrogens with one attached hydrogen (secondary N) is 2. The van der Waals surface area contributed by atoms with Crippen LogP contribution in [0.4, 0.5) is 41.6 Å². The van der Waals surface area contributed by atoms with Gasteiger partial charge >= 0.3 is 6.18 Å². The van der Waals surface area contributed by atoms with Gasteiger partial charge < -0.3 is 33.0 Å². The summed E-state index contributed by atoms with van der Waals surface area (Å²) < 4.78 is 47.2. The molecule has 2 unspecified atom stereocenters. The highest BCUT2D eigenvalue weighted by Gasteiger charge is 2.45. The molecule has 11 heteroatoms. The van der Waals surface area contributed by atoms with E-state index in [9.17, 15) is 18.0 Å². The monoisotopic (exact) mass is 1540 g/mol. The van der Waals surface area contributed by atoms with Crippen molar-refractivity contribution in [2.75, 3.05) is 28.3 Å². The number of ether oxygens (including phenoxy) is 1. The summed E-state index contributed by atoms with van der Waals surface area (Å²) in [7, 11) is 0. The summed E-state index contributed by atoms with van der Waals surface area (Å²) in [5.74, 6) is -0.101. The van der Waals surface area contributed by atoms with Gasteiger partial charge in [0.25, 0.3) is 0 Å². The van der Waals surface area contributed by atoms with Crippen LogP contribution < -0.4 is 28.3 Å². The summed E-state index contributed by atoms with van der Waals surface area (Å²) in [4.78, 5) is 11.7. The number of benzene rings is 17. The predicted octanol–water partition coefficient (Wildman–Crippen LogP) is 25.3. The van der Waals surface area contributed by atoms with Crippen LogP contribution in [0.5, 0.6) is 0 Å². The zero-order chi connectivity index (χ0) is 81.8. The number of anilines is 5. The topological polar surface area (TPSA) is 166 Å². The Balaban J connectivity index is 0.000000139. The number of carbonyl (C=O) groups excluding carboxylic acids is 1. The van der Waals surface area contributed by atoms with E-state index in [0.717, 1.165) is 118 Å². The minimum Gasteiger partial charge on any atom is -0.479 e. The molecule has 0 fully saturated rings. The molecule has 0 saturated heterocycles. The van der Waals surface area contributed by atoms with Crippen molar-refractivity contribution in [1.29, 1.82) is 5.41 Å². The minimum absolute atomic E-state index is 0.101. The lowest BCUT2D eigenvalue weighted by Crippen LogP contribution is -2.33. The number of nitrogen functional groups attached to an aromatic ring is 4. The number of fused-ring (bicyclic) bond motifs is 2. The van der Waals surface area contributed by atoms with Crippen molar-refractivity contribution in [1.82, 2.24) is 0 Å². The average Bonchev–Trinajstić information content (AvgIpc) is 0.684. The summed E-state index contributed by atoms with van der Waals surface area (Å²) in [6.07, 6.45) is -3.58. The van der Waals surface area contributed by atoms with Gasteiger partial charge in [-0.15, -0.1) is 0 Å². The van der Waals surface area contributed by atoms with Gasteiger partial charge in [0.1, 0.15) is 6.61 Å². The van der Waals surface area contributed by atoms with Crippen molar-refractivity contribution in [2.24, 2.45) is 0 Å². The number of alkyl halides is 3. The number of hydrogen-bond acceptors (Lipinski definition) is 7. The third-order valence-corrected chi connectivity index (χ3v) is 22.2. The molecule has 8 nitrogen and oxygen atoms in total. The van der Waals surface area contributed by atoms with Gasteiger partial charge in [-0.05, 0) is 207 Å². The molecule has 0 aliphatic heterocycles. The van der Waals surface area contributed by atoms with Crippen LogP contribution in [0.3, 0.4) is 0 Å². The van der Waals surface area contributed by atoms with Crippen LogP contribution in [0.15, 0.2) is 413 Å². The third kappa shape index (κ3) is 16.1. The molecular formula is C107H87F3N6O2. The fourth-order valence-corrected chi connectivity index (χ4v) is 16.7.